The zero-order valence-electron chi connectivity index (χ0n) is 27.0. The largest absolute Gasteiger partial charge is 0.460 e. The molecule has 2 atom stereocenters. The maximum Gasteiger partial charge on any atom is 0.325 e. The number of ether oxygens (including phenoxy) is 1. The molecule has 0 radical (unpaired) electrons. The van der Waals surface area contributed by atoms with Crippen molar-refractivity contribution in [2.45, 2.75) is 45.4 Å². The Hall–Kier alpha value is -5.72. The van der Waals surface area contributed by atoms with Gasteiger partial charge in [-0.3, -0.25) is 34.4 Å². The van der Waals surface area contributed by atoms with Gasteiger partial charge in [-0.1, -0.05) is 55.8 Å². The van der Waals surface area contributed by atoms with Gasteiger partial charge in [0.2, 0.25) is 23.6 Å². The van der Waals surface area contributed by atoms with Crippen LogP contribution in [0.4, 0.5) is 11.6 Å². The number of aromatic nitrogens is 2. The number of hydrogen-bond acceptors (Lipinski definition) is 12. The molecule has 1 aromatic carbocycles. The molecule has 4 amide bonds. The number of nitrogens with one attached hydrogen (secondary N) is 6. The molecule has 14 N–H and O–H groups in total. The van der Waals surface area contributed by atoms with Crippen LogP contribution in [0.3, 0.4) is 0 Å². The van der Waals surface area contributed by atoms with Crippen molar-refractivity contribution in [1.29, 1.82) is 5.41 Å². The lowest BCUT2D eigenvalue weighted by Crippen LogP contribution is -2.54. The van der Waals surface area contributed by atoms with Gasteiger partial charge >= 0.3 is 5.97 Å². The van der Waals surface area contributed by atoms with E-state index in [9.17, 15) is 24.0 Å². The summed E-state index contributed by atoms with van der Waals surface area (Å²) in [5.74, 6) is -4.52. The zero-order valence-corrected chi connectivity index (χ0v) is 27.8. The number of carbonyl (C=O) groups is 5. The minimum atomic E-state index is -1.10. The van der Waals surface area contributed by atoms with E-state index in [1.54, 1.807) is 38.1 Å². The molecule has 1 heterocycles. The molecule has 0 saturated heterocycles. The topological polar surface area (TPSA) is 321 Å². The SMILES string of the molecule is CC(C)[C@H](NC(=O)CNc1nc(N)c(C(=N)N)nc1Cl)C(=O)NCC(=O)N[C@@H](CCCN=C(N)N)C(=O)NCC(=O)OCc1ccccc1. The number of nitrogens with zero attached hydrogens (tertiary/aromatic N) is 3. The molecule has 266 valence electrons. The van der Waals surface area contributed by atoms with Gasteiger partial charge in [-0.05, 0) is 24.3 Å². The van der Waals surface area contributed by atoms with E-state index < -0.39 is 66.5 Å². The van der Waals surface area contributed by atoms with Gasteiger partial charge in [-0.25, -0.2) is 9.97 Å². The number of guanidine groups is 1. The van der Waals surface area contributed by atoms with Crippen LogP contribution < -0.4 is 49.5 Å². The second kappa shape index (κ2) is 19.8. The van der Waals surface area contributed by atoms with E-state index in [-0.39, 0.29) is 54.6 Å². The molecule has 0 aliphatic heterocycles. The lowest BCUT2D eigenvalue weighted by molar-refractivity contribution is -0.145. The van der Waals surface area contributed by atoms with Crippen LogP contribution in [0, 0.1) is 11.3 Å². The first-order valence-corrected chi connectivity index (χ1v) is 15.4. The Morgan fingerprint density at radius 2 is 1.59 bits per heavy atom. The molecular formula is C29H42ClN13O6. The summed E-state index contributed by atoms with van der Waals surface area (Å²) in [7, 11) is 0. The minimum absolute atomic E-state index is 0.0242. The molecular weight excluding hydrogens is 662 g/mol. The van der Waals surface area contributed by atoms with Crippen LogP contribution in [0.25, 0.3) is 0 Å². The molecule has 0 bridgehead atoms. The number of amidine groups is 1. The Morgan fingerprint density at radius 3 is 2.22 bits per heavy atom. The van der Waals surface area contributed by atoms with Crippen molar-refractivity contribution >= 4 is 64.6 Å². The van der Waals surface area contributed by atoms with E-state index in [2.05, 4.69) is 41.5 Å². The molecule has 0 spiro atoms. The third kappa shape index (κ3) is 14.3. The second-order valence-electron chi connectivity index (χ2n) is 10.8. The lowest BCUT2D eigenvalue weighted by atomic mass is 10.0. The van der Waals surface area contributed by atoms with Crippen LogP contribution in [0.2, 0.25) is 5.15 Å². The third-order valence-electron chi connectivity index (χ3n) is 6.49. The van der Waals surface area contributed by atoms with Crippen molar-refractivity contribution in [2.24, 2.45) is 28.1 Å². The fourth-order valence-electron chi connectivity index (χ4n) is 4.03. The van der Waals surface area contributed by atoms with Crippen LogP contribution in [-0.4, -0.2) is 89.6 Å². The van der Waals surface area contributed by atoms with Gasteiger partial charge in [0.15, 0.2) is 22.7 Å². The first-order chi connectivity index (χ1) is 23.2. The monoisotopic (exact) mass is 703 g/mol. The van der Waals surface area contributed by atoms with Gasteiger partial charge in [0, 0.05) is 6.54 Å². The summed E-state index contributed by atoms with van der Waals surface area (Å²) in [4.78, 5) is 75.1. The number of amides is 4. The number of nitrogens with two attached hydrogens (primary N) is 4. The van der Waals surface area contributed by atoms with Crippen LogP contribution in [0.5, 0.6) is 0 Å². The van der Waals surface area contributed by atoms with Gasteiger partial charge in [-0.15, -0.1) is 0 Å². The Bertz CT molecular complexity index is 1520. The molecule has 49 heavy (non-hydrogen) atoms. The van der Waals surface area contributed by atoms with E-state index >= 15 is 0 Å². The Labute approximate surface area is 287 Å². The summed E-state index contributed by atoms with van der Waals surface area (Å²) in [5.41, 5.74) is 22.5. The highest BCUT2D eigenvalue weighted by atomic mass is 35.5. The molecule has 2 rings (SSSR count). The van der Waals surface area contributed by atoms with Crippen molar-refractivity contribution in [3.05, 3.63) is 46.7 Å². The smallest absolute Gasteiger partial charge is 0.325 e. The van der Waals surface area contributed by atoms with Gasteiger partial charge < -0.3 is 54.3 Å². The van der Waals surface area contributed by atoms with E-state index in [4.69, 9.17) is 44.7 Å². The summed E-state index contributed by atoms with van der Waals surface area (Å²) in [5, 5.41) is 19.9. The van der Waals surface area contributed by atoms with Crippen molar-refractivity contribution in [3.8, 4) is 0 Å². The number of hydrogen-bond donors (Lipinski definition) is 10. The van der Waals surface area contributed by atoms with Crippen LogP contribution >= 0.6 is 11.6 Å². The Balaban J connectivity index is 1.92. The van der Waals surface area contributed by atoms with E-state index in [1.165, 1.54) is 0 Å². The number of nitrogen functional groups attached to an aromatic ring is 2. The average Bonchev–Trinajstić information content (AvgIpc) is 3.05. The summed E-state index contributed by atoms with van der Waals surface area (Å²) < 4.78 is 5.16. The number of rotatable bonds is 19. The standard InChI is InChI=1S/C29H42ClN13O6/c1-15(2)21(41-19(45)11-37-26-23(30)42-22(24(31)32)25(33)43-26)28(48)38-12-18(44)40-17(9-6-10-36-29(34)35)27(47)39-13-20(46)49-14-16-7-4-3-5-8-16/h3-5,7-8,15,17,21H,6,9-14H2,1-2H3,(H3,31,32)(H,38,48)(H,39,47)(H,40,44)(H,41,45)(H3,33,37,43)(H4,34,35,36)/t17-,21-/m0/s1. The molecule has 1 aromatic heterocycles. The van der Waals surface area contributed by atoms with Gasteiger partial charge in [0.05, 0.1) is 13.1 Å². The highest BCUT2D eigenvalue weighted by molar-refractivity contribution is 6.32. The normalized spacial score (nSPS) is 11.8. The molecule has 0 saturated carbocycles. The summed E-state index contributed by atoms with van der Waals surface area (Å²) in [6, 6.07) is 6.83. The maximum atomic E-state index is 12.9. The third-order valence-corrected chi connectivity index (χ3v) is 6.75. The number of anilines is 2. The van der Waals surface area contributed by atoms with Crippen molar-refractivity contribution in [2.75, 3.05) is 37.2 Å². The number of aliphatic imine (C=N–C) groups is 1. The van der Waals surface area contributed by atoms with Crippen LogP contribution in [0.1, 0.15) is 37.9 Å². The predicted molar refractivity (Wildman–Crippen MR) is 182 cm³/mol. The number of benzene rings is 1. The van der Waals surface area contributed by atoms with Crippen molar-refractivity contribution < 1.29 is 28.7 Å². The lowest BCUT2D eigenvalue weighted by Gasteiger charge is -2.22. The highest BCUT2D eigenvalue weighted by Crippen LogP contribution is 2.20. The van der Waals surface area contributed by atoms with E-state index in [0.717, 1.165) is 5.56 Å². The first-order valence-electron chi connectivity index (χ1n) is 15.0. The first kappa shape index (κ1) is 39.5. The van der Waals surface area contributed by atoms with Gasteiger partial charge in [-0.2, -0.15) is 0 Å². The summed E-state index contributed by atoms with van der Waals surface area (Å²) >= 11 is 6.04. The van der Waals surface area contributed by atoms with Crippen LogP contribution in [-0.2, 0) is 35.3 Å². The molecule has 20 heteroatoms. The zero-order chi connectivity index (χ0) is 36.5. The Morgan fingerprint density at radius 1 is 0.939 bits per heavy atom. The fourth-order valence-corrected chi connectivity index (χ4v) is 4.22. The van der Waals surface area contributed by atoms with Crippen molar-refractivity contribution in [1.82, 2.24) is 31.2 Å². The van der Waals surface area contributed by atoms with Crippen LogP contribution in [0.15, 0.2) is 35.3 Å². The molecule has 2 aromatic rings. The summed E-state index contributed by atoms with van der Waals surface area (Å²) in [6.07, 6.45) is 0.414. The minimum Gasteiger partial charge on any atom is -0.460 e. The highest BCUT2D eigenvalue weighted by Gasteiger charge is 2.26. The van der Waals surface area contributed by atoms with Gasteiger partial charge in [0.1, 0.15) is 36.8 Å². The maximum absolute atomic E-state index is 12.9. The Kier molecular flexibility index (Phi) is 16.0. The average molecular weight is 704 g/mol. The molecule has 0 aliphatic rings. The molecule has 0 fully saturated rings. The van der Waals surface area contributed by atoms with Gasteiger partial charge in [0.25, 0.3) is 0 Å². The number of esters is 1. The summed E-state index contributed by atoms with van der Waals surface area (Å²) in [6.45, 7) is 2.23. The predicted octanol–water partition coefficient (Wildman–Crippen LogP) is -1.94. The van der Waals surface area contributed by atoms with E-state index in [0.29, 0.717) is 6.42 Å². The molecule has 19 nitrogen and oxygen atoms in total. The van der Waals surface area contributed by atoms with Crippen molar-refractivity contribution in [3.63, 3.8) is 0 Å². The van der Waals surface area contributed by atoms with E-state index in [1.807, 2.05) is 6.07 Å². The number of carbonyl (C=O) groups excluding carboxylic acids is 5. The quantitative estimate of drug-likeness (QED) is 0.0330. The fraction of sp³-hybridized carbons (Fsp3) is 0.414. The second-order valence-corrected chi connectivity index (χ2v) is 11.2. The molecule has 0 unspecified atom stereocenters. The molecule has 0 aliphatic carbocycles. The number of halogens is 1.